The van der Waals surface area contributed by atoms with Gasteiger partial charge in [0.25, 0.3) is 0 Å². The van der Waals surface area contributed by atoms with Crippen LogP contribution in [0.15, 0.2) is 0 Å². The van der Waals surface area contributed by atoms with Crippen molar-refractivity contribution in [3.05, 3.63) is 0 Å². The molecule has 0 fully saturated rings. The van der Waals surface area contributed by atoms with Crippen molar-refractivity contribution in [2.75, 3.05) is 19.7 Å². The molecule has 0 spiro atoms. The molecule has 2 N–H and O–H groups in total. The SMILES string of the molecule is CC(C)C(CO)NCCN(C(=O)OC(C)(C)C)C(C)(C)C. The topological polar surface area (TPSA) is 61.8 Å². The van der Waals surface area contributed by atoms with Gasteiger partial charge >= 0.3 is 6.09 Å². The average molecular weight is 302 g/mol. The van der Waals surface area contributed by atoms with Crippen LogP contribution in [-0.2, 0) is 4.74 Å². The Bertz CT molecular complexity index is 316. The first-order chi connectivity index (χ1) is 9.38. The van der Waals surface area contributed by atoms with Crippen LogP contribution in [0.3, 0.4) is 0 Å². The summed E-state index contributed by atoms with van der Waals surface area (Å²) in [6.07, 6.45) is -0.304. The largest absolute Gasteiger partial charge is 0.444 e. The molecule has 1 amide bonds. The molecular formula is C16H34N2O3. The van der Waals surface area contributed by atoms with Gasteiger partial charge in [0, 0.05) is 24.7 Å². The Morgan fingerprint density at radius 1 is 1.19 bits per heavy atom. The number of aliphatic hydroxyl groups excluding tert-OH is 1. The number of nitrogens with zero attached hydrogens (tertiary/aromatic N) is 1. The van der Waals surface area contributed by atoms with Crippen LogP contribution in [0.1, 0.15) is 55.4 Å². The van der Waals surface area contributed by atoms with Crippen molar-refractivity contribution in [1.29, 1.82) is 0 Å². The highest BCUT2D eigenvalue weighted by atomic mass is 16.6. The van der Waals surface area contributed by atoms with Crippen LogP contribution in [-0.4, -0.2) is 53.0 Å². The maximum atomic E-state index is 12.3. The minimum absolute atomic E-state index is 0.0467. The quantitative estimate of drug-likeness (QED) is 0.792. The molecule has 0 heterocycles. The molecule has 0 rings (SSSR count). The van der Waals surface area contributed by atoms with E-state index in [1.807, 2.05) is 41.5 Å². The van der Waals surface area contributed by atoms with Gasteiger partial charge in [-0.1, -0.05) is 13.8 Å². The van der Waals surface area contributed by atoms with Crippen molar-refractivity contribution in [2.24, 2.45) is 5.92 Å². The average Bonchev–Trinajstić information content (AvgIpc) is 2.23. The van der Waals surface area contributed by atoms with E-state index in [0.717, 1.165) is 0 Å². The molecule has 5 nitrogen and oxygen atoms in total. The fourth-order valence-electron chi connectivity index (χ4n) is 1.89. The number of ether oxygens (including phenoxy) is 1. The highest BCUT2D eigenvalue weighted by Gasteiger charge is 2.30. The fourth-order valence-corrected chi connectivity index (χ4v) is 1.89. The summed E-state index contributed by atoms with van der Waals surface area (Å²) in [6, 6.07) is 0.0467. The van der Waals surface area contributed by atoms with Crippen LogP contribution in [0.5, 0.6) is 0 Å². The van der Waals surface area contributed by atoms with Crippen LogP contribution < -0.4 is 5.32 Å². The van der Waals surface area contributed by atoms with Crippen molar-refractivity contribution < 1.29 is 14.6 Å². The Morgan fingerprint density at radius 3 is 2.05 bits per heavy atom. The van der Waals surface area contributed by atoms with E-state index in [1.165, 1.54) is 0 Å². The highest BCUT2D eigenvalue weighted by molar-refractivity contribution is 5.69. The van der Waals surface area contributed by atoms with Crippen LogP contribution in [0.2, 0.25) is 0 Å². The summed E-state index contributed by atoms with van der Waals surface area (Å²) in [5.74, 6) is 0.347. The molecule has 126 valence electrons. The Hall–Kier alpha value is -0.810. The number of carbonyl (C=O) groups excluding carboxylic acids is 1. The van der Waals surface area contributed by atoms with Gasteiger partial charge in [-0.2, -0.15) is 0 Å². The second kappa shape index (κ2) is 7.99. The molecular weight excluding hydrogens is 268 g/mol. The first-order valence-corrected chi connectivity index (χ1v) is 7.73. The fraction of sp³-hybridized carbons (Fsp3) is 0.938. The molecule has 0 aliphatic heterocycles. The minimum atomic E-state index is -0.500. The van der Waals surface area contributed by atoms with Gasteiger partial charge < -0.3 is 20.1 Å². The Morgan fingerprint density at radius 2 is 1.71 bits per heavy atom. The predicted octanol–water partition coefficient (Wildman–Crippen LogP) is 2.63. The summed E-state index contributed by atoms with van der Waals surface area (Å²) in [7, 11) is 0. The molecule has 5 heteroatoms. The van der Waals surface area contributed by atoms with Gasteiger partial charge in [-0.25, -0.2) is 4.79 Å². The summed E-state index contributed by atoms with van der Waals surface area (Å²) >= 11 is 0. The molecule has 0 aromatic heterocycles. The third-order valence-electron chi connectivity index (χ3n) is 3.17. The molecule has 0 bridgehead atoms. The molecule has 0 saturated carbocycles. The lowest BCUT2D eigenvalue weighted by molar-refractivity contribution is 0.00625. The maximum absolute atomic E-state index is 12.3. The summed E-state index contributed by atoms with van der Waals surface area (Å²) in [5, 5.41) is 12.6. The molecule has 0 aliphatic rings. The van der Waals surface area contributed by atoms with Gasteiger partial charge in [0.15, 0.2) is 0 Å². The first kappa shape index (κ1) is 20.2. The molecule has 1 unspecified atom stereocenters. The molecule has 0 aromatic carbocycles. The lowest BCUT2D eigenvalue weighted by Gasteiger charge is -2.37. The lowest BCUT2D eigenvalue weighted by atomic mass is 10.1. The number of nitrogens with one attached hydrogen (secondary N) is 1. The number of aliphatic hydroxyl groups is 1. The first-order valence-electron chi connectivity index (χ1n) is 7.73. The van der Waals surface area contributed by atoms with Gasteiger partial charge in [-0.05, 0) is 47.5 Å². The predicted molar refractivity (Wildman–Crippen MR) is 86.4 cm³/mol. The van der Waals surface area contributed by atoms with E-state index in [0.29, 0.717) is 19.0 Å². The van der Waals surface area contributed by atoms with Crippen molar-refractivity contribution in [1.82, 2.24) is 10.2 Å². The molecule has 21 heavy (non-hydrogen) atoms. The van der Waals surface area contributed by atoms with Gasteiger partial charge in [0.05, 0.1) is 6.61 Å². The van der Waals surface area contributed by atoms with Gasteiger partial charge in [-0.15, -0.1) is 0 Å². The summed E-state index contributed by atoms with van der Waals surface area (Å²) in [4.78, 5) is 14.0. The minimum Gasteiger partial charge on any atom is -0.444 e. The monoisotopic (exact) mass is 302 g/mol. The zero-order valence-corrected chi connectivity index (χ0v) is 15.0. The Kier molecular flexibility index (Phi) is 7.68. The molecule has 0 aromatic rings. The van der Waals surface area contributed by atoms with Crippen LogP contribution >= 0.6 is 0 Å². The van der Waals surface area contributed by atoms with E-state index in [-0.39, 0.29) is 24.3 Å². The summed E-state index contributed by atoms with van der Waals surface area (Å²) in [5.41, 5.74) is -0.809. The second-order valence-corrected chi connectivity index (χ2v) is 7.79. The molecule has 1 atom stereocenters. The van der Waals surface area contributed by atoms with E-state index in [4.69, 9.17) is 4.74 Å². The summed E-state index contributed by atoms with van der Waals surface area (Å²) < 4.78 is 5.47. The maximum Gasteiger partial charge on any atom is 0.410 e. The highest BCUT2D eigenvalue weighted by Crippen LogP contribution is 2.18. The number of hydrogen-bond donors (Lipinski definition) is 2. The van der Waals surface area contributed by atoms with Gasteiger partial charge in [-0.3, -0.25) is 0 Å². The Balaban J connectivity index is 4.63. The van der Waals surface area contributed by atoms with E-state index in [2.05, 4.69) is 19.2 Å². The number of carbonyl (C=O) groups is 1. The van der Waals surface area contributed by atoms with Crippen molar-refractivity contribution in [3.63, 3.8) is 0 Å². The van der Waals surface area contributed by atoms with E-state index < -0.39 is 5.60 Å². The van der Waals surface area contributed by atoms with Gasteiger partial charge in [0.1, 0.15) is 5.60 Å². The molecule has 0 radical (unpaired) electrons. The number of hydrogen-bond acceptors (Lipinski definition) is 4. The van der Waals surface area contributed by atoms with Crippen molar-refractivity contribution in [3.8, 4) is 0 Å². The third-order valence-corrected chi connectivity index (χ3v) is 3.17. The molecule has 0 aliphatic carbocycles. The normalized spacial score (nSPS) is 14.2. The van der Waals surface area contributed by atoms with Crippen molar-refractivity contribution >= 4 is 6.09 Å². The zero-order chi connectivity index (χ0) is 16.8. The van der Waals surface area contributed by atoms with Crippen LogP contribution in [0, 0.1) is 5.92 Å². The lowest BCUT2D eigenvalue weighted by Crippen LogP contribution is -2.51. The standard InChI is InChI=1S/C16H34N2O3/c1-12(2)13(11-19)17-9-10-18(15(3,4)5)14(20)21-16(6,7)8/h12-13,17,19H,9-11H2,1-8H3. The smallest absolute Gasteiger partial charge is 0.410 e. The third kappa shape index (κ3) is 8.27. The van der Waals surface area contributed by atoms with Crippen LogP contribution in [0.25, 0.3) is 0 Å². The molecule has 0 saturated heterocycles. The Labute approximate surface area is 130 Å². The van der Waals surface area contributed by atoms with E-state index in [9.17, 15) is 9.90 Å². The second-order valence-electron chi connectivity index (χ2n) is 7.79. The van der Waals surface area contributed by atoms with E-state index >= 15 is 0 Å². The summed E-state index contributed by atoms with van der Waals surface area (Å²) in [6.45, 7) is 16.9. The number of rotatable bonds is 6. The zero-order valence-electron chi connectivity index (χ0n) is 15.0. The number of amides is 1. The van der Waals surface area contributed by atoms with Crippen molar-refractivity contribution in [2.45, 2.75) is 72.6 Å². The van der Waals surface area contributed by atoms with Gasteiger partial charge in [0.2, 0.25) is 0 Å². The van der Waals surface area contributed by atoms with Crippen LogP contribution in [0.4, 0.5) is 4.79 Å². The van der Waals surface area contributed by atoms with E-state index in [1.54, 1.807) is 4.90 Å².